The van der Waals surface area contributed by atoms with Gasteiger partial charge in [-0.3, -0.25) is 4.68 Å². The van der Waals surface area contributed by atoms with Crippen LogP contribution in [0, 0.1) is 0 Å². The van der Waals surface area contributed by atoms with Crippen molar-refractivity contribution in [3.8, 4) is 5.75 Å². The molecule has 0 radical (unpaired) electrons. The van der Waals surface area contributed by atoms with Gasteiger partial charge in [0, 0.05) is 19.2 Å². The lowest BCUT2D eigenvalue weighted by molar-refractivity contribution is 0.410. The Morgan fingerprint density at radius 1 is 1.35 bits per heavy atom. The van der Waals surface area contributed by atoms with Gasteiger partial charge in [0.05, 0.1) is 18.5 Å². The molecule has 0 fully saturated rings. The van der Waals surface area contributed by atoms with E-state index in [1.165, 1.54) is 0 Å². The third-order valence-electron chi connectivity index (χ3n) is 3.29. The monoisotopic (exact) mass is 274 g/mol. The molecule has 0 aliphatic rings. The number of hydrogen-bond acceptors (Lipinski definition) is 4. The van der Waals surface area contributed by atoms with Gasteiger partial charge in [0.15, 0.2) is 0 Å². The van der Waals surface area contributed by atoms with E-state index in [-0.39, 0.29) is 0 Å². The van der Waals surface area contributed by atoms with Crippen LogP contribution in [-0.2, 0) is 20.0 Å². The minimum atomic E-state index is 0.652. The van der Waals surface area contributed by atoms with Crippen molar-refractivity contribution in [2.75, 3.05) is 18.2 Å². The molecule has 1 aromatic carbocycles. The molecule has 2 aromatic rings. The summed E-state index contributed by atoms with van der Waals surface area (Å²) in [7, 11) is 3.58. The first kappa shape index (κ1) is 14.2. The van der Waals surface area contributed by atoms with E-state index in [2.05, 4.69) is 17.3 Å². The van der Waals surface area contributed by atoms with Gasteiger partial charge in [0.2, 0.25) is 0 Å². The van der Waals surface area contributed by atoms with Crippen molar-refractivity contribution in [1.29, 1.82) is 0 Å². The summed E-state index contributed by atoms with van der Waals surface area (Å²) >= 11 is 0. The molecule has 0 atom stereocenters. The van der Waals surface area contributed by atoms with Crippen molar-refractivity contribution in [2.24, 2.45) is 7.05 Å². The van der Waals surface area contributed by atoms with Crippen molar-refractivity contribution in [1.82, 2.24) is 9.78 Å². The predicted molar refractivity (Wildman–Crippen MR) is 81.9 cm³/mol. The standard InChI is InChI=1S/C15H22N4O/c1-4-7-12-14(16)15(19(2)18-12)17-10-11-8-5-6-9-13(11)20-3/h5-6,8-9,17H,4,7,10,16H2,1-3H3. The maximum Gasteiger partial charge on any atom is 0.148 e. The van der Waals surface area contributed by atoms with Crippen LogP contribution in [-0.4, -0.2) is 16.9 Å². The number of aryl methyl sites for hydroxylation is 2. The fourth-order valence-corrected chi connectivity index (χ4v) is 2.25. The van der Waals surface area contributed by atoms with E-state index in [9.17, 15) is 0 Å². The smallest absolute Gasteiger partial charge is 0.148 e. The number of ether oxygens (including phenoxy) is 1. The lowest BCUT2D eigenvalue weighted by atomic mass is 10.2. The van der Waals surface area contributed by atoms with Crippen LogP contribution in [0.3, 0.4) is 0 Å². The highest BCUT2D eigenvalue weighted by atomic mass is 16.5. The van der Waals surface area contributed by atoms with Crippen molar-refractivity contribution in [3.63, 3.8) is 0 Å². The molecule has 0 unspecified atom stereocenters. The van der Waals surface area contributed by atoms with Crippen molar-refractivity contribution < 1.29 is 4.74 Å². The summed E-state index contributed by atoms with van der Waals surface area (Å²) in [6.07, 6.45) is 1.93. The van der Waals surface area contributed by atoms with Crippen LogP contribution in [0.15, 0.2) is 24.3 Å². The number of nitrogens with zero attached hydrogens (tertiary/aromatic N) is 2. The van der Waals surface area contributed by atoms with Gasteiger partial charge >= 0.3 is 0 Å². The number of benzene rings is 1. The number of aromatic nitrogens is 2. The van der Waals surface area contributed by atoms with E-state index in [1.54, 1.807) is 11.8 Å². The zero-order valence-corrected chi connectivity index (χ0v) is 12.3. The van der Waals surface area contributed by atoms with Crippen LogP contribution in [0.1, 0.15) is 24.6 Å². The summed E-state index contributed by atoms with van der Waals surface area (Å²) < 4.78 is 7.15. The number of nitrogens with two attached hydrogens (primary N) is 1. The van der Waals surface area contributed by atoms with Crippen LogP contribution in [0.5, 0.6) is 5.75 Å². The normalized spacial score (nSPS) is 10.6. The molecule has 0 saturated carbocycles. The molecule has 5 heteroatoms. The fourth-order valence-electron chi connectivity index (χ4n) is 2.25. The van der Waals surface area contributed by atoms with Gasteiger partial charge in [0.1, 0.15) is 11.6 Å². The van der Waals surface area contributed by atoms with Gasteiger partial charge in [-0.05, 0) is 12.5 Å². The molecule has 2 rings (SSSR count). The third kappa shape index (κ3) is 2.87. The first-order valence-corrected chi connectivity index (χ1v) is 6.84. The molecule has 0 bridgehead atoms. The van der Waals surface area contributed by atoms with E-state index in [0.717, 1.165) is 41.4 Å². The summed E-state index contributed by atoms with van der Waals surface area (Å²) in [4.78, 5) is 0. The molecular formula is C15H22N4O. The second-order valence-corrected chi connectivity index (χ2v) is 4.75. The zero-order chi connectivity index (χ0) is 14.5. The summed E-state index contributed by atoms with van der Waals surface area (Å²) in [5.41, 5.74) is 8.93. The van der Waals surface area contributed by atoms with E-state index < -0.39 is 0 Å². The maximum atomic E-state index is 6.15. The molecule has 0 saturated heterocycles. The van der Waals surface area contributed by atoms with Crippen molar-refractivity contribution in [2.45, 2.75) is 26.3 Å². The summed E-state index contributed by atoms with van der Waals surface area (Å²) in [5, 5.41) is 7.80. The van der Waals surface area contributed by atoms with Crippen molar-refractivity contribution >= 4 is 11.5 Å². The molecule has 1 aromatic heterocycles. The Labute approximate surface area is 119 Å². The molecule has 108 valence electrons. The van der Waals surface area contributed by atoms with Crippen LogP contribution < -0.4 is 15.8 Å². The molecule has 0 spiro atoms. The highest BCUT2D eigenvalue weighted by Crippen LogP contribution is 2.25. The SMILES string of the molecule is CCCc1nn(C)c(NCc2ccccc2OC)c1N. The predicted octanol–water partition coefficient (Wildman–Crippen LogP) is 2.58. The lowest BCUT2D eigenvalue weighted by Crippen LogP contribution is -2.07. The van der Waals surface area contributed by atoms with Gasteiger partial charge in [-0.25, -0.2) is 0 Å². The van der Waals surface area contributed by atoms with Gasteiger partial charge in [-0.15, -0.1) is 0 Å². The summed E-state index contributed by atoms with van der Waals surface area (Å²) in [5.74, 6) is 1.73. The largest absolute Gasteiger partial charge is 0.496 e. The van der Waals surface area contributed by atoms with Gasteiger partial charge in [-0.1, -0.05) is 31.5 Å². The van der Waals surface area contributed by atoms with E-state index in [4.69, 9.17) is 10.5 Å². The minimum absolute atomic E-state index is 0.652. The third-order valence-corrected chi connectivity index (χ3v) is 3.29. The summed E-state index contributed by atoms with van der Waals surface area (Å²) in [6.45, 7) is 2.77. The molecular weight excluding hydrogens is 252 g/mol. The zero-order valence-electron chi connectivity index (χ0n) is 12.3. The first-order chi connectivity index (χ1) is 9.67. The van der Waals surface area contributed by atoms with Crippen LogP contribution in [0.4, 0.5) is 11.5 Å². The lowest BCUT2D eigenvalue weighted by Gasteiger charge is -2.11. The highest BCUT2D eigenvalue weighted by molar-refractivity contribution is 5.65. The van der Waals surface area contributed by atoms with Crippen LogP contribution >= 0.6 is 0 Å². The minimum Gasteiger partial charge on any atom is -0.496 e. The van der Waals surface area contributed by atoms with Crippen molar-refractivity contribution in [3.05, 3.63) is 35.5 Å². The maximum absolute atomic E-state index is 6.15. The average Bonchev–Trinajstić information content (AvgIpc) is 2.72. The number of methoxy groups -OCH3 is 1. The second kappa shape index (κ2) is 6.32. The molecule has 3 N–H and O–H groups in total. The Kier molecular flexibility index (Phi) is 4.50. The molecule has 0 aliphatic carbocycles. The highest BCUT2D eigenvalue weighted by Gasteiger charge is 2.12. The number of nitrogens with one attached hydrogen (secondary N) is 1. The average molecular weight is 274 g/mol. The number of hydrogen-bond donors (Lipinski definition) is 2. The van der Waals surface area contributed by atoms with Gasteiger partial charge in [0.25, 0.3) is 0 Å². The molecule has 1 heterocycles. The fraction of sp³-hybridized carbons (Fsp3) is 0.400. The Morgan fingerprint density at radius 2 is 2.10 bits per heavy atom. The Bertz CT molecular complexity index is 577. The number of anilines is 2. The molecule has 20 heavy (non-hydrogen) atoms. The second-order valence-electron chi connectivity index (χ2n) is 4.75. The Balaban J connectivity index is 2.15. The first-order valence-electron chi connectivity index (χ1n) is 6.84. The van der Waals surface area contributed by atoms with E-state index in [0.29, 0.717) is 6.54 Å². The number of para-hydroxylation sites is 1. The summed E-state index contributed by atoms with van der Waals surface area (Å²) in [6, 6.07) is 7.94. The van der Waals surface area contributed by atoms with E-state index in [1.807, 2.05) is 31.3 Å². The van der Waals surface area contributed by atoms with Crippen LogP contribution in [0.2, 0.25) is 0 Å². The topological polar surface area (TPSA) is 65.1 Å². The molecule has 0 amide bonds. The Hall–Kier alpha value is -2.17. The Morgan fingerprint density at radius 3 is 2.80 bits per heavy atom. The van der Waals surface area contributed by atoms with E-state index >= 15 is 0 Å². The number of nitrogen functional groups attached to an aromatic ring is 1. The number of rotatable bonds is 6. The van der Waals surface area contributed by atoms with Gasteiger partial charge in [-0.2, -0.15) is 5.10 Å². The molecule has 0 aliphatic heterocycles. The van der Waals surface area contributed by atoms with Gasteiger partial charge < -0.3 is 15.8 Å². The quantitative estimate of drug-likeness (QED) is 0.849. The molecule has 5 nitrogen and oxygen atoms in total. The van der Waals surface area contributed by atoms with Crippen LogP contribution in [0.25, 0.3) is 0 Å².